The summed E-state index contributed by atoms with van der Waals surface area (Å²) in [6, 6.07) is 0. The summed E-state index contributed by atoms with van der Waals surface area (Å²) in [5.74, 6) is 3.60. The first-order valence-corrected chi connectivity index (χ1v) is 9.96. The number of nitrogens with one attached hydrogen (secondary N) is 2. The van der Waals surface area contributed by atoms with Crippen molar-refractivity contribution in [2.45, 2.75) is 57.9 Å². The molecule has 8 heteroatoms. The lowest BCUT2D eigenvalue weighted by atomic mass is 10.2. The summed E-state index contributed by atoms with van der Waals surface area (Å²) in [7, 11) is 1.97. The Morgan fingerprint density at radius 3 is 2.76 bits per heavy atom. The Kier molecular flexibility index (Phi) is 7.56. The maximum atomic E-state index is 5.68. The van der Waals surface area contributed by atoms with Crippen LogP contribution in [0.15, 0.2) is 4.99 Å². The fourth-order valence-corrected chi connectivity index (χ4v) is 3.27. The Bertz CT molecular complexity index is 560. The average Bonchev–Trinajstić information content (AvgIpc) is 3.17. The van der Waals surface area contributed by atoms with Gasteiger partial charge >= 0.3 is 0 Å². The summed E-state index contributed by atoms with van der Waals surface area (Å²) in [5.41, 5.74) is 0. The van der Waals surface area contributed by atoms with Crippen LogP contribution in [0.3, 0.4) is 0 Å². The molecule has 1 aliphatic heterocycles. The van der Waals surface area contributed by atoms with Gasteiger partial charge in [-0.25, -0.2) is 4.99 Å². The predicted octanol–water partition coefficient (Wildman–Crippen LogP) is 1.87. The summed E-state index contributed by atoms with van der Waals surface area (Å²) in [6.45, 7) is 11.7. The van der Waals surface area contributed by atoms with Crippen LogP contribution < -0.4 is 10.6 Å². The number of nitrogens with zero attached hydrogens (tertiary/aromatic N) is 4. The summed E-state index contributed by atoms with van der Waals surface area (Å²) < 4.78 is 7.93. The van der Waals surface area contributed by atoms with E-state index in [9.17, 15) is 0 Å². The van der Waals surface area contributed by atoms with E-state index in [1.54, 1.807) is 0 Å². The van der Waals surface area contributed by atoms with Crippen molar-refractivity contribution in [2.75, 3.05) is 25.4 Å². The second-order valence-electron chi connectivity index (χ2n) is 7.29. The van der Waals surface area contributed by atoms with Gasteiger partial charge in [0.1, 0.15) is 12.4 Å². The second-order valence-corrected chi connectivity index (χ2v) is 9.21. The van der Waals surface area contributed by atoms with Gasteiger partial charge in [-0.3, -0.25) is 0 Å². The van der Waals surface area contributed by atoms with Crippen molar-refractivity contribution >= 4 is 17.7 Å². The normalized spacial score (nSPS) is 18.6. The van der Waals surface area contributed by atoms with Crippen LogP contribution in [0.5, 0.6) is 0 Å². The van der Waals surface area contributed by atoms with Gasteiger partial charge in [0.25, 0.3) is 0 Å². The highest BCUT2D eigenvalue weighted by molar-refractivity contribution is 8.00. The van der Waals surface area contributed by atoms with Crippen molar-refractivity contribution in [3.8, 4) is 0 Å². The summed E-state index contributed by atoms with van der Waals surface area (Å²) >= 11 is 1.94. The lowest BCUT2D eigenvalue weighted by Crippen LogP contribution is -2.42. The minimum Gasteiger partial charge on any atom is -0.376 e. The van der Waals surface area contributed by atoms with Crippen LogP contribution in [0.4, 0.5) is 0 Å². The molecular weight excluding hydrogens is 336 g/mol. The summed E-state index contributed by atoms with van der Waals surface area (Å²) in [5, 5.41) is 15.1. The molecule has 0 aliphatic carbocycles. The maximum Gasteiger partial charge on any atom is 0.191 e. The molecule has 0 aromatic carbocycles. The van der Waals surface area contributed by atoms with Gasteiger partial charge in [-0.1, -0.05) is 20.8 Å². The molecule has 1 unspecified atom stereocenters. The lowest BCUT2D eigenvalue weighted by molar-refractivity contribution is 0.114. The molecule has 0 saturated carbocycles. The highest BCUT2D eigenvalue weighted by Gasteiger charge is 2.16. The average molecular weight is 369 g/mol. The van der Waals surface area contributed by atoms with Gasteiger partial charge in [0.05, 0.1) is 6.10 Å². The van der Waals surface area contributed by atoms with Crippen LogP contribution in [-0.2, 0) is 18.3 Å². The molecule has 0 bridgehead atoms. The van der Waals surface area contributed by atoms with E-state index >= 15 is 0 Å². The molecule has 1 atom stereocenters. The van der Waals surface area contributed by atoms with Gasteiger partial charge in [0.2, 0.25) is 0 Å². The molecule has 1 aromatic heterocycles. The SMILES string of the molecule is Cc1nnc(CN=C(NCCSC(C)(C)C)NCC2CCCO2)n1C. The molecule has 25 heavy (non-hydrogen) atoms. The van der Waals surface area contributed by atoms with E-state index in [2.05, 4.69) is 46.6 Å². The van der Waals surface area contributed by atoms with Crippen LogP contribution in [-0.4, -0.2) is 57.0 Å². The van der Waals surface area contributed by atoms with E-state index in [1.165, 1.54) is 0 Å². The lowest BCUT2D eigenvalue weighted by Gasteiger charge is -2.19. The molecule has 0 spiro atoms. The highest BCUT2D eigenvalue weighted by atomic mass is 32.2. The number of hydrogen-bond donors (Lipinski definition) is 2. The Balaban J connectivity index is 1.87. The van der Waals surface area contributed by atoms with Crippen LogP contribution in [0.2, 0.25) is 0 Å². The summed E-state index contributed by atoms with van der Waals surface area (Å²) in [6.07, 6.45) is 2.54. The molecule has 0 amide bonds. The Hall–Kier alpha value is -1.28. The van der Waals surface area contributed by atoms with Crippen molar-refractivity contribution in [3.05, 3.63) is 11.6 Å². The van der Waals surface area contributed by atoms with Gasteiger partial charge < -0.3 is 19.9 Å². The van der Waals surface area contributed by atoms with Gasteiger partial charge in [-0.15, -0.1) is 10.2 Å². The fourth-order valence-electron chi connectivity index (χ4n) is 2.46. The number of aryl methyl sites for hydroxylation is 1. The third-order valence-corrected chi connectivity index (χ3v) is 5.29. The molecule has 1 saturated heterocycles. The second kappa shape index (κ2) is 9.43. The van der Waals surface area contributed by atoms with Crippen molar-refractivity contribution < 1.29 is 4.74 Å². The third-order valence-electron chi connectivity index (χ3n) is 4.01. The molecule has 2 N–H and O–H groups in total. The summed E-state index contributed by atoms with van der Waals surface area (Å²) in [4.78, 5) is 4.67. The monoisotopic (exact) mass is 368 g/mol. The van der Waals surface area contributed by atoms with Crippen molar-refractivity contribution in [1.82, 2.24) is 25.4 Å². The smallest absolute Gasteiger partial charge is 0.191 e. The minimum absolute atomic E-state index is 0.278. The molecule has 1 aliphatic rings. The molecule has 7 nitrogen and oxygen atoms in total. The van der Waals surface area contributed by atoms with E-state index in [0.717, 1.165) is 55.9 Å². The Morgan fingerprint density at radius 1 is 1.36 bits per heavy atom. The van der Waals surface area contributed by atoms with Crippen LogP contribution >= 0.6 is 11.8 Å². The molecule has 142 valence electrons. The first-order valence-electron chi connectivity index (χ1n) is 8.98. The Labute approximate surface area is 155 Å². The van der Waals surface area contributed by atoms with Crippen molar-refractivity contribution in [3.63, 3.8) is 0 Å². The number of thioether (sulfide) groups is 1. The number of guanidine groups is 1. The standard InChI is InChI=1S/C17H32N6OS/c1-13-21-22-15(23(13)5)12-20-16(18-8-10-25-17(2,3)4)19-11-14-7-6-9-24-14/h14H,6-12H2,1-5H3,(H2,18,19,20). The molecule has 2 rings (SSSR count). The first kappa shape index (κ1) is 20.0. The van der Waals surface area contributed by atoms with Crippen LogP contribution in [0, 0.1) is 6.92 Å². The van der Waals surface area contributed by atoms with Crippen molar-refractivity contribution in [2.24, 2.45) is 12.0 Å². The quantitative estimate of drug-likeness (QED) is 0.435. The molecule has 0 radical (unpaired) electrons. The molecule has 1 aromatic rings. The van der Waals surface area contributed by atoms with E-state index in [4.69, 9.17) is 4.74 Å². The molecule has 2 heterocycles. The molecule has 1 fully saturated rings. The number of rotatable bonds is 7. The van der Waals surface area contributed by atoms with E-state index < -0.39 is 0 Å². The van der Waals surface area contributed by atoms with Crippen LogP contribution in [0.25, 0.3) is 0 Å². The van der Waals surface area contributed by atoms with Crippen LogP contribution in [0.1, 0.15) is 45.3 Å². The number of aliphatic imine (C=N–C) groups is 1. The number of hydrogen-bond acceptors (Lipinski definition) is 5. The van der Waals surface area contributed by atoms with Gasteiger partial charge in [-0.05, 0) is 19.8 Å². The highest BCUT2D eigenvalue weighted by Crippen LogP contribution is 2.21. The van der Waals surface area contributed by atoms with E-state index in [-0.39, 0.29) is 10.9 Å². The van der Waals surface area contributed by atoms with Gasteiger partial charge in [0.15, 0.2) is 11.8 Å². The number of ether oxygens (including phenoxy) is 1. The fraction of sp³-hybridized carbons (Fsp3) is 0.824. The zero-order valence-corrected chi connectivity index (χ0v) is 16.9. The van der Waals surface area contributed by atoms with E-state index in [0.29, 0.717) is 6.54 Å². The zero-order chi connectivity index (χ0) is 18.3. The zero-order valence-electron chi connectivity index (χ0n) is 16.1. The predicted molar refractivity (Wildman–Crippen MR) is 104 cm³/mol. The minimum atomic E-state index is 0.278. The topological polar surface area (TPSA) is 76.4 Å². The molecular formula is C17H32N6OS. The Morgan fingerprint density at radius 2 is 2.16 bits per heavy atom. The van der Waals surface area contributed by atoms with Gasteiger partial charge in [-0.2, -0.15) is 11.8 Å². The van der Waals surface area contributed by atoms with Crippen molar-refractivity contribution in [1.29, 1.82) is 0 Å². The third kappa shape index (κ3) is 7.23. The van der Waals surface area contributed by atoms with Gasteiger partial charge in [0, 0.05) is 37.2 Å². The first-order chi connectivity index (χ1) is 11.8. The maximum absolute atomic E-state index is 5.68. The van der Waals surface area contributed by atoms with E-state index in [1.807, 2.05) is 30.3 Å². The largest absolute Gasteiger partial charge is 0.376 e. The number of aromatic nitrogens is 3.